The van der Waals surface area contributed by atoms with Crippen molar-refractivity contribution < 1.29 is 4.79 Å². The van der Waals surface area contributed by atoms with E-state index >= 15 is 0 Å². The monoisotopic (exact) mass is 242 g/mol. The highest BCUT2D eigenvalue weighted by atomic mass is 16.1. The van der Waals surface area contributed by atoms with Crippen molar-refractivity contribution in [2.45, 2.75) is 60.4 Å². The molecule has 0 saturated carbocycles. The molecule has 2 atom stereocenters. The van der Waals surface area contributed by atoms with Crippen molar-refractivity contribution in [2.75, 3.05) is 6.54 Å². The van der Waals surface area contributed by atoms with Gasteiger partial charge >= 0.3 is 0 Å². The van der Waals surface area contributed by atoms with Crippen LogP contribution in [0.1, 0.15) is 54.4 Å². The van der Waals surface area contributed by atoms with E-state index in [4.69, 9.17) is 5.73 Å². The van der Waals surface area contributed by atoms with Crippen molar-refractivity contribution in [3.63, 3.8) is 0 Å². The van der Waals surface area contributed by atoms with Crippen molar-refractivity contribution in [3.8, 4) is 0 Å². The molecule has 2 unspecified atom stereocenters. The highest BCUT2D eigenvalue weighted by Gasteiger charge is 2.22. The van der Waals surface area contributed by atoms with E-state index in [1.54, 1.807) is 0 Å². The molecule has 0 aromatic carbocycles. The van der Waals surface area contributed by atoms with Crippen molar-refractivity contribution in [3.05, 3.63) is 0 Å². The molecule has 102 valence electrons. The lowest BCUT2D eigenvalue weighted by atomic mass is 9.87. The minimum Gasteiger partial charge on any atom is -0.353 e. The zero-order valence-corrected chi connectivity index (χ0v) is 12.3. The summed E-state index contributed by atoms with van der Waals surface area (Å²) >= 11 is 0. The summed E-state index contributed by atoms with van der Waals surface area (Å²) in [6.45, 7) is 13.4. The number of hydrogen-bond donors (Lipinski definition) is 2. The molecule has 0 saturated heterocycles. The van der Waals surface area contributed by atoms with Gasteiger partial charge in [0.15, 0.2) is 0 Å². The molecular formula is C14H30N2O. The number of hydrogen-bond acceptors (Lipinski definition) is 2. The van der Waals surface area contributed by atoms with E-state index in [1.165, 1.54) is 0 Å². The van der Waals surface area contributed by atoms with E-state index in [9.17, 15) is 4.79 Å². The molecule has 0 aliphatic heterocycles. The number of nitrogens with two attached hydrogens (primary N) is 1. The molecule has 0 spiro atoms. The predicted octanol–water partition coefficient (Wildman–Crippen LogP) is 2.55. The van der Waals surface area contributed by atoms with Gasteiger partial charge in [0.05, 0.1) is 0 Å². The molecule has 3 nitrogen and oxygen atoms in total. The molecule has 1 amide bonds. The van der Waals surface area contributed by atoms with Crippen molar-refractivity contribution >= 4 is 5.91 Å². The average molecular weight is 242 g/mol. The Morgan fingerprint density at radius 1 is 1.24 bits per heavy atom. The Kier molecular flexibility index (Phi) is 6.76. The van der Waals surface area contributed by atoms with Crippen LogP contribution in [-0.2, 0) is 4.79 Å². The standard InChI is InChI=1S/C14H30N2O/c1-10(2)7-12(9-15)8-13(17)16-11(3)14(4,5)6/h10-12H,7-9,15H2,1-6H3,(H,16,17). The summed E-state index contributed by atoms with van der Waals surface area (Å²) in [7, 11) is 0. The second-order valence-electron chi connectivity index (χ2n) is 6.59. The van der Waals surface area contributed by atoms with Gasteiger partial charge in [0.25, 0.3) is 0 Å². The maximum Gasteiger partial charge on any atom is 0.220 e. The van der Waals surface area contributed by atoms with E-state index in [0.29, 0.717) is 24.8 Å². The molecule has 0 rings (SSSR count). The number of rotatable bonds is 6. The minimum absolute atomic E-state index is 0.103. The molecule has 0 bridgehead atoms. The van der Waals surface area contributed by atoms with E-state index in [1.807, 2.05) is 0 Å². The number of carbonyl (C=O) groups excluding carboxylic acids is 1. The van der Waals surface area contributed by atoms with Gasteiger partial charge in [-0.15, -0.1) is 0 Å². The molecule has 3 heteroatoms. The van der Waals surface area contributed by atoms with E-state index in [0.717, 1.165) is 6.42 Å². The van der Waals surface area contributed by atoms with Gasteiger partial charge in [0.2, 0.25) is 5.91 Å². The molecule has 17 heavy (non-hydrogen) atoms. The van der Waals surface area contributed by atoms with Gasteiger partial charge in [-0.2, -0.15) is 0 Å². The quantitative estimate of drug-likeness (QED) is 0.752. The van der Waals surface area contributed by atoms with Gasteiger partial charge in [0.1, 0.15) is 0 Å². The Hall–Kier alpha value is -0.570. The largest absolute Gasteiger partial charge is 0.353 e. The van der Waals surface area contributed by atoms with Crippen molar-refractivity contribution in [2.24, 2.45) is 23.0 Å². The fourth-order valence-corrected chi connectivity index (χ4v) is 1.71. The van der Waals surface area contributed by atoms with Crippen molar-refractivity contribution in [1.82, 2.24) is 5.32 Å². The summed E-state index contributed by atoms with van der Waals surface area (Å²) in [6, 6.07) is 0.187. The summed E-state index contributed by atoms with van der Waals surface area (Å²) in [5.74, 6) is 1.03. The van der Waals surface area contributed by atoms with Crippen LogP contribution in [0.2, 0.25) is 0 Å². The fourth-order valence-electron chi connectivity index (χ4n) is 1.71. The highest BCUT2D eigenvalue weighted by Crippen LogP contribution is 2.19. The Balaban J connectivity index is 4.16. The van der Waals surface area contributed by atoms with Crippen molar-refractivity contribution in [1.29, 1.82) is 0 Å². The third-order valence-electron chi connectivity index (χ3n) is 3.29. The van der Waals surface area contributed by atoms with Crippen LogP contribution in [0.4, 0.5) is 0 Å². The van der Waals surface area contributed by atoms with Crippen LogP contribution < -0.4 is 11.1 Å². The maximum absolute atomic E-state index is 11.9. The molecule has 0 radical (unpaired) electrons. The molecule has 0 aromatic heterocycles. The average Bonchev–Trinajstić information content (AvgIpc) is 2.14. The van der Waals surface area contributed by atoms with Gasteiger partial charge in [0, 0.05) is 12.5 Å². The lowest BCUT2D eigenvalue weighted by molar-refractivity contribution is -0.123. The fraction of sp³-hybridized carbons (Fsp3) is 0.929. The van der Waals surface area contributed by atoms with Crippen LogP contribution in [0.5, 0.6) is 0 Å². The topological polar surface area (TPSA) is 55.1 Å². The third-order valence-corrected chi connectivity index (χ3v) is 3.29. The zero-order valence-electron chi connectivity index (χ0n) is 12.3. The summed E-state index contributed by atoms with van der Waals surface area (Å²) in [6.07, 6.45) is 1.57. The molecular weight excluding hydrogens is 212 g/mol. The van der Waals surface area contributed by atoms with Crippen LogP contribution in [0.3, 0.4) is 0 Å². The second-order valence-corrected chi connectivity index (χ2v) is 6.59. The van der Waals surface area contributed by atoms with Crippen LogP contribution in [0.15, 0.2) is 0 Å². The van der Waals surface area contributed by atoms with Crippen LogP contribution in [0, 0.1) is 17.3 Å². The van der Waals surface area contributed by atoms with Crippen LogP contribution >= 0.6 is 0 Å². The first-order valence-electron chi connectivity index (χ1n) is 6.66. The van der Waals surface area contributed by atoms with Gasteiger partial charge in [-0.25, -0.2) is 0 Å². The first-order chi connectivity index (χ1) is 7.66. The molecule has 3 N–H and O–H groups in total. The Morgan fingerprint density at radius 3 is 2.12 bits per heavy atom. The Bertz CT molecular complexity index is 231. The van der Waals surface area contributed by atoms with Gasteiger partial charge < -0.3 is 11.1 Å². The summed E-state index contributed by atoms with van der Waals surface area (Å²) < 4.78 is 0. The van der Waals surface area contributed by atoms with Gasteiger partial charge in [-0.05, 0) is 37.1 Å². The molecule has 0 heterocycles. The smallest absolute Gasteiger partial charge is 0.220 e. The molecule has 0 aromatic rings. The number of amides is 1. The van der Waals surface area contributed by atoms with E-state index < -0.39 is 0 Å². The summed E-state index contributed by atoms with van der Waals surface area (Å²) in [5.41, 5.74) is 5.81. The third kappa shape index (κ3) is 7.37. The zero-order chi connectivity index (χ0) is 13.6. The molecule has 0 aliphatic carbocycles. The highest BCUT2D eigenvalue weighted by molar-refractivity contribution is 5.76. The Morgan fingerprint density at radius 2 is 1.76 bits per heavy atom. The SMILES string of the molecule is CC(C)CC(CN)CC(=O)NC(C)C(C)(C)C. The summed E-state index contributed by atoms with van der Waals surface area (Å²) in [4.78, 5) is 11.9. The van der Waals surface area contributed by atoms with E-state index in [2.05, 4.69) is 46.9 Å². The Labute approximate surface area is 107 Å². The number of carbonyl (C=O) groups is 1. The second kappa shape index (κ2) is 7.00. The van der Waals surface area contributed by atoms with Gasteiger partial charge in [-0.1, -0.05) is 34.6 Å². The van der Waals surface area contributed by atoms with Gasteiger partial charge in [-0.3, -0.25) is 4.79 Å². The lowest BCUT2D eigenvalue weighted by Gasteiger charge is -2.28. The van der Waals surface area contributed by atoms with Crippen LogP contribution in [-0.4, -0.2) is 18.5 Å². The number of nitrogens with one attached hydrogen (secondary N) is 1. The lowest BCUT2D eigenvalue weighted by Crippen LogP contribution is -2.42. The maximum atomic E-state index is 11.9. The molecule has 0 aliphatic rings. The first kappa shape index (κ1) is 16.4. The first-order valence-corrected chi connectivity index (χ1v) is 6.66. The minimum atomic E-state index is 0.103. The normalized spacial score (nSPS) is 15.8. The summed E-state index contributed by atoms with van der Waals surface area (Å²) in [5, 5.41) is 3.06. The van der Waals surface area contributed by atoms with Crippen LogP contribution in [0.25, 0.3) is 0 Å². The predicted molar refractivity (Wildman–Crippen MR) is 73.7 cm³/mol. The molecule has 0 fully saturated rings. The van der Waals surface area contributed by atoms with E-state index in [-0.39, 0.29) is 17.4 Å².